The molecule has 0 aliphatic heterocycles. The van der Waals surface area contributed by atoms with Gasteiger partial charge in [-0.3, -0.25) is 4.79 Å². The number of imidazole rings is 1. The Morgan fingerprint density at radius 3 is 2.67 bits per heavy atom. The molecule has 13 heteroatoms. The summed E-state index contributed by atoms with van der Waals surface area (Å²) < 4.78 is 46.7. The third-order valence-corrected chi connectivity index (χ3v) is 5.86. The fourth-order valence-corrected chi connectivity index (χ4v) is 3.98. The lowest BCUT2D eigenvalue weighted by atomic mass is 10.1. The van der Waals surface area contributed by atoms with Gasteiger partial charge in [0.1, 0.15) is 29.6 Å². The van der Waals surface area contributed by atoms with Gasteiger partial charge in [0.25, 0.3) is 6.43 Å². The number of pyridine rings is 1. The summed E-state index contributed by atoms with van der Waals surface area (Å²) >= 11 is 0. The number of nitrogens with one attached hydrogen (secondary N) is 2. The average molecular weight is 549 g/mol. The van der Waals surface area contributed by atoms with Crippen LogP contribution in [0.4, 0.5) is 18.9 Å². The zero-order valence-corrected chi connectivity index (χ0v) is 20.9. The highest BCUT2D eigenvalue weighted by atomic mass is 19.3. The van der Waals surface area contributed by atoms with Crippen molar-refractivity contribution in [1.29, 1.82) is 0 Å². The number of hydrogen-bond donors (Lipinski definition) is 4. The van der Waals surface area contributed by atoms with Crippen LogP contribution >= 0.6 is 0 Å². The van der Waals surface area contributed by atoms with E-state index in [0.29, 0.717) is 46.2 Å². The number of alkyl halides is 2. The maximum atomic E-state index is 14.4. The quantitative estimate of drug-likeness (QED) is 0.202. The van der Waals surface area contributed by atoms with Crippen LogP contribution in [0.3, 0.4) is 0 Å². The van der Waals surface area contributed by atoms with Gasteiger partial charge in [0.2, 0.25) is 11.8 Å². The number of H-pyrrole nitrogens is 1. The lowest BCUT2D eigenvalue weighted by molar-refractivity contribution is 0.1000. The largest absolute Gasteiger partial charge is 0.475 e. The third-order valence-electron chi connectivity index (χ3n) is 5.86. The second-order valence-corrected chi connectivity index (χ2v) is 8.62. The highest BCUT2D eigenvalue weighted by Gasteiger charge is 2.19. The first-order valence-corrected chi connectivity index (χ1v) is 12.1. The molecule has 0 radical (unpaired) electrons. The second-order valence-electron chi connectivity index (χ2n) is 8.62. The van der Waals surface area contributed by atoms with Crippen molar-refractivity contribution < 1.29 is 22.7 Å². The van der Waals surface area contributed by atoms with Crippen LogP contribution in [0.15, 0.2) is 60.8 Å². The van der Waals surface area contributed by atoms with Crippen molar-refractivity contribution in [3.63, 3.8) is 0 Å². The number of rotatable bonds is 10. The van der Waals surface area contributed by atoms with Gasteiger partial charge in [-0.1, -0.05) is 12.1 Å². The molecule has 0 aliphatic rings. The summed E-state index contributed by atoms with van der Waals surface area (Å²) in [6.45, 7) is 0.594. The molecule has 0 bridgehead atoms. The van der Waals surface area contributed by atoms with Gasteiger partial charge in [-0.2, -0.15) is 0 Å². The van der Waals surface area contributed by atoms with Crippen LogP contribution in [0, 0.1) is 5.82 Å². The van der Waals surface area contributed by atoms with Gasteiger partial charge < -0.3 is 26.5 Å². The van der Waals surface area contributed by atoms with Gasteiger partial charge in [-0.05, 0) is 42.5 Å². The lowest BCUT2D eigenvalue weighted by Crippen LogP contribution is -2.12. The Kier molecular flexibility index (Phi) is 7.55. The number of carbonyl (C=O) groups is 1. The first kappa shape index (κ1) is 26.6. The fourth-order valence-electron chi connectivity index (χ4n) is 3.98. The minimum absolute atomic E-state index is 0.00510. The van der Waals surface area contributed by atoms with E-state index >= 15 is 0 Å². The van der Waals surface area contributed by atoms with Crippen molar-refractivity contribution >= 4 is 22.6 Å². The number of primary amides is 1. The molecule has 0 aliphatic carbocycles. The Morgan fingerprint density at radius 1 is 1.05 bits per heavy atom. The molecule has 3 aromatic heterocycles. The molecular weight excluding hydrogens is 525 g/mol. The minimum Gasteiger partial charge on any atom is -0.475 e. The summed E-state index contributed by atoms with van der Waals surface area (Å²) in [4.78, 5) is 32.2. The van der Waals surface area contributed by atoms with Crippen LogP contribution < -0.4 is 21.5 Å². The van der Waals surface area contributed by atoms with Crippen LogP contribution in [-0.4, -0.2) is 44.0 Å². The number of amides is 1. The number of carbonyl (C=O) groups excluding carboxylic acids is 1. The number of aromatic amines is 1. The molecular formula is C27H23F3N8O2. The molecule has 0 saturated carbocycles. The molecule has 40 heavy (non-hydrogen) atoms. The Hall–Kier alpha value is -5.04. The van der Waals surface area contributed by atoms with Crippen molar-refractivity contribution in [3.05, 3.63) is 83.7 Å². The molecule has 0 unspecified atom stereocenters. The summed E-state index contributed by atoms with van der Waals surface area (Å²) in [5, 5.41) is 2.89. The second kappa shape index (κ2) is 11.4. The predicted octanol–water partition coefficient (Wildman–Crippen LogP) is 4.21. The smallest absolute Gasteiger partial charge is 0.280 e. The SMILES string of the molecule is NCCOc1cnc2ccc(-c3[nH]c(CNc4cc(C(N)=O)ccc4F)nc3-c3cccc(C(F)F)n3)cc2n1. The number of fused-ring (bicyclic) bond motifs is 1. The van der Waals surface area contributed by atoms with E-state index in [1.807, 2.05) is 0 Å². The van der Waals surface area contributed by atoms with Crippen LogP contribution in [0.2, 0.25) is 0 Å². The molecule has 3 heterocycles. The molecule has 0 spiro atoms. The van der Waals surface area contributed by atoms with E-state index in [2.05, 4.69) is 30.2 Å². The van der Waals surface area contributed by atoms with E-state index in [0.717, 1.165) is 6.07 Å². The standard InChI is InChI=1S/C27H23F3N8O2/c28-16-6-4-15(27(32)39)11-20(16)33-12-22-37-24(25(38-22)18-2-1-3-19(35-18)26(29)30)14-5-7-17-21(10-14)36-23(13-34-17)40-9-8-31/h1-7,10-11,13,26,33H,8-9,12,31H2,(H2,32,39)(H,37,38). The summed E-state index contributed by atoms with van der Waals surface area (Å²) in [6.07, 6.45) is -1.28. The first-order chi connectivity index (χ1) is 19.3. The van der Waals surface area contributed by atoms with E-state index in [4.69, 9.17) is 16.2 Å². The van der Waals surface area contributed by atoms with E-state index in [1.165, 1.54) is 30.5 Å². The highest BCUT2D eigenvalue weighted by molar-refractivity contribution is 5.93. The Bertz CT molecular complexity index is 1690. The summed E-state index contributed by atoms with van der Waals surface area (Å²) in [5.74, 6) is -0.642. The van der Waals surface area contributed by atoms with Gasteiger partial charge >= 0.3 is 0 Å². The Balaban J connectivity index is 1.55. The van der Waals surface area contributed by atoms with Crippen molar-refractivity contribution in [2.75, 3.05) is 18.5 Å². The number of aromatic nitrogens is 5. The maximum absolute atomic E-state index is 14.4. The molecule has 0 atom stereocenters. The molecule has 0 fully saturated rings. The van der Waals surface area contributed by atoms with Crippen molar-refractivity contribution in [2.45, 2.75) is 13.0 Å². The summed E-state index contributed by atoms with van der Waals surface area (Å²) in [7, 11) is 0. The van der Waals surface area contributed by atoms with Crippen LogP contribution in [0.25, 0.3) is 33.7 Å². The van der Waals surface area contributed by atoms with Gasteiger partial charge in [0, 0.05) is 17.7 Å². The fraction of sp³-hybridized carbons (Fsp3) is 0.148. The van der Waals surface area contributed by atoms with Gasteiger partial charge in [-0.15, -0.1) is 0 Å². The van der Waals surface area contributed by atoms with Gasteiger partial charge in [-0.25, -0.2) is 33.1 Å². The number of benzene rings is 2. The number of nitrogens with zero attached hydrogens (tertiary/aromatic N) is 4. The normalized spacial score (nSPS) is 11.2. The molecule has 5 aromatic rings. The molecule has 1 amide bonds. The lowest BCUT2D eigenvalue weighted by Gasteiger charge is -2.07. The zero-order valence-electron chi connectivity index (χ0n) is 20.9. The van der Waals surface area contributed by atoms with Crippen LogP contribution in [0.5, 0.6) is 5.88 Å². The monoisotopic (exact) mass is 548 g/mol. The first-order valence-electron chi connectivity index (χ1n) is 12.1. The van der Waals surface area contributed by atoms with Gasteiger partial charge in [0.15, 0.2) is 0 Å². The van der Waals surface area contributed by atoms with E-state index in [9.17, 15) is 18.0 Å². The van der Waals surface area contributed by atoms with E-state index in [1.54, 1.807) is 24.3 Å². The van der Waals surface area contributed by atoms with Crippen molar-refractivity contribution in [2.24, 2.45) is 11.5 Å². The molecule has 0 saturated heterocycles. The molecule has 2 aromatic carbocycles. The molecule has 6 N–H and O–H groups in total. The maximum Gasteiger partial charge on any atom is 0.280 e. The van der Waals surface area contributed by atoms with Crippen LogP contribution in [0.1, 0.15) is 28.3 Å². The number of anilines is 1. The predicted molar refractivity (Wildman–Crippen MR) is 142 cm³/mol. The molecule has 204 valence electrons. The number of halogens is 3. The number of hydrogen-bond acceptors (Lipinski definition) is 8. The summed E-state index contributed by atoms with van der Waals surface area (Å²) in [6, 6.07) is 13.2. The van der Waals surface area contributed by atoms with Gasteiger partial charge in [0.05, 0.1) is 40.9 Å². The topological polar surface area (TPSA) is 158 Å². The van der Waals surface area contributed by atoms with E-state index < -0.39 is 23.8 Å². The highest BCUT2D eigenvalue weighted by Crippen LogP contribution is 2.32. The minimum atomic E-state index is -2.77. The van der Waals surface area contributed by atoms with E-state index in [-0.39, 0.29) is 30.1 Å². The Labute approximate surface area is 225 Å². The van der Waals surface area contributed by atoms with Crippen LogP contribution in [-0.2, 0) is 6.54 Å². The summed E-state index contributed by atoms with van der Waals surface area (Å²) in [5.41, 5.74) is 13.3. The molecule has 5 rings (SSSR count). The van der Waals surface area contributed by atoms with Crippen molar-refractivity contribution in [1.82, 2.24) is 24.9 Å². The number of nitrogens with two attached hydrogens (primary N) is 2. The average Bonchev–Trinajstić information content (AvgIpc) is 3.39. The molecule has 10 nitrogen and oxygen atoms in total. The van der Waals surface area contributed by atoms with Crippen molar-refractivity contribution in [3.8, 4) is 28.5 Å². The number of ether oxygens (including phenoxy) is 1. The Morgan fingerprint density at radius 2 is 1.90 bits per heavy atom. The third kappa shape index (κ3) is 5.68. The zero-order chi connectivity index (χ0) is 28.2.